The van der Waals surface area contributed by atoms with Crippen LogP contribution in [0.25, 0.3) is 0 Å². The molecule has 1 atom stereocenters. The van der Waals surface area contributed by atoms with Gasteiger partial charge in [-0.1, -0.05) is 12.1 Å². The normalized spacial score (nSPS) is 18.6. The quantitative estimate of drug-likeness (QED) is 0.704. The van der Waals surface area contributed by atoms with Gasteiger partial charge in [-0.15, -0.1) is 11.8 Å². The molecule has 3 aliphatic heterocycles. The minimum absolute atomic E-state index is 0.0800. The van der Waals surface area contributed by atoms with E-state index in [4.69, 9.17) is 4.74 Å². The van der Waals surface area contributed by atoms with E-state index in [2.05, 4.69) is 44.9 Å². The van der Waals surface area contributed by atoms with Crippen LogP contribution in [0.2, 0.25) is 0 Å². The zero-order chi connectivity index (χ0) is 21.2. The minimum Gasteiger partial charge on any atom is -0.490 e. The first kappa shape index (κ1) is 19.6. The van der Waals surface area contributed by atoms with Gasteiger partial charge in [0, 0.05) is 35.6 Å². The molecule has 158 valence electrons. The SMILES string of the molecule is CSc1ccc(CNC(=O)c2ccc3c(c2)OCCN3C2=CC=CN3C=CNC23)cc1. The Hall–Kier alpha value is -3.32. The fourth-order valence-electron chi connectivity index (χ4n) is 3.99. The summed E-state index contributed by atoms with van der Waals surface area (Å²) in [5.74, 6) is 0.626. The molecule has 0 aliphatic carbocycles. The second-order valence-electron chi connectivity index (χ2n) is 7.48. The smallest absolute Gasteiger partial charge is 0.251 e. The van der Waals surface area contributed by atoms with Crippen LogP contribution in [-0.2, 0) is 6.54 Å². The third-order valence-corrected chi connectivity index (χ3v) is 6.36. The van der Waals surface area contributed by atoms with Gasteiger partial charge in [-0.2, -0.15) is 0 Å². The molecule has 2 N–H and O–H groups in total. The van der Waals surface area contributed by atoms with E-state index in [0.717, 1.165) is 29.2 Å². The number of hydrogen-bond acceptors (Lipinski definition) is 6. The molecule has 5 rings (SSSR count). The van der Waals surface area contributed by atoms with Crippen molar-refractivity contribution >= 4 is 23.4 Å². The molecule has 3 heterocycles. The van der Waals surface area contributed by atoms with Gasteiger partial charge < -0.3 is 25.2 Å². The Morgan fingerprint density at radius 3 is 2.94 bits per heavy atom. The minimum atomic E-state index is -0.106. The van der Waals surface area contributed by atoms with Crippen LogP contribution in [0.1, 0.15) is 15.9 Å². The monoisotopic (exact) mass is 432 g/mol. The van der Waals surface area contributed by atoms with Crippen LogP contribution < -0.4 is 20.3 Å². The van der Waals surface area contributed by atoms with E-state index < -0.39 is 0 Å². The molecule has 0 saturated heterocycles. The van der Waals surface area contributed by atoms with Crippen LogP contribution >= 0.6 is 11.8 Å². The van der Waals surface area contributed by atoms with Crippen molar-refractivity contribution in [3.63, 3.8) is 0 Å². The van der Waals surface area contributed by atoms with Gasteiger partial charge in [-0.25, -0.2) is 0 Å². The number of nitrogens with zero attached hydrogens (tertiary/aromatic N) is 2. The van der Waals surface area contributed by atoms with E-state index >= 15 is 0 Å². The summed E-state index contributed by atoms with van der Waals surface area (Å²) in [7, 11) is 0. The molecule has 0 spiro atoms. The maximum absolute atomic E-state index is 12.7. The highest BCUT2D eigenvalue weighted by atomic mass is 32.2. The largest absolute Gasteiger partial charge is 0.490 e. The Morgan fingerprint density at radius 1 is 1.23 bits per heavy atom. The summed E-state index contributed by atoms with van der Waals surface area (Å²) in [4.78, 5) is 18.3. The molecule has 0 fully saturated rings. The van der Waals surface area contributed by atoms with Crippen molar-refractivity contribution in [1.29, 1.82) is 0 Å². The van der Waals surface area contributed by atoms with E-state index in [1.165, 1.54) is 4.90 Å². The number of anilines is 1. The predicted molar refractivity (Wildman–Crippen MR) is 124 cm³/mol. The van der Waals surface area contributed by atoms with Gasteiger partial charge in [-0.3, -0.25) is 4.79 Å². The number of allylic oxidation sites excluding steroid dienone is 2. The molecule has 2 aromatic rings. The van der Waals surface area contributed by atoms with Crippen molar-refractivity contribution in [3.8, 4) is 5.75 Å². The summed E-state index contributed by atoms with van der Waals surface area (Å²) in [5, 5.41) is 6.39. The molecule has 0 saturated carbocycles. The maximum atomic E-state index is 12.7. The highest BCUT2D eigenvalue weighted by Crippen LogP contribution is 2.37. The number of hydrogen-bond donors (Lipinski definition) is 2. The summed E-state index contributed by atoms with van der Waals surface area (Å²) < 4.78 is 5.92. The number of fused-ring (bicyclic) bond motifs is 2. The Morgan fingerprint density at radius 2 is 2.10 bits per heavy atom. The van der Waals surface area contributed by atoms with Crippen molar-refractivity contribution in [2.45, 2.75) is 17.6 Å². The number of amides is 1. The highest BCUT2D eigenvalue weighted by molar-refractivity contribution is 7.98. The maximum Gasteiger partial charge on any atom is 0.251 e. The lowest BCUT2D eigenvalue weighted by molar-refractivity contribution is 0.0950. The second-order valence-corrected chi connectivity index (χ2v) is 8.36. The van der Waals surface area contributed by atoms with Crippen LogP contribution in [0.3, 0.4) is 0 Å². The van der Waals surface area contributed by atoms with Gasteiger partial charge in [0.1, 0.15) is 18.5 Å². The standard InChI is InChI=1S/C24H24N4O2S/c1-31-19-7-4-17(5-8-19)16-26-24(29)18-6-9-20-22(15-18)30-14-13-28(20)21-3-2-11-27-12-10-25-23(21)27/h2-12,15,23,25H,13-14,16H2,1H3,(H,26,29). The number of ether oxygens (including phenoxy) is 1. The van der Waals surface area contributed by atoms with E-state index in [1.807, 2.05) is 55.0 Å². The van der Waals surface area contributed by atoms with Gasteiger partial charge in [-0.05, 0) is 54.3 Å². The summed E-state index contributed by atoms with van der Waals surface area (Å²) >= 11 is 1.70. The lowest BCUT2D eigenvalue weighted by Crippen LogP contribution is -2.45. The topological polar surface area (TPSA) is 56.8 Å². The van der Waals surface area contributed by atoms with E-state index in [0.29, 0.717) is 18.7 Å². The Labute approximate surface area is 186 Å². The number of carbonyl (C=O) groups is 1. The zero-order valence-corrected chi connectivity index (χ0v) is 18.1. The van der Waals surface area contributed by atoms with Gasteiger partial charge in [0.2, 0.25) is 0 Å². The molecular weight excluding hydrogens is 408 g/mol. The van der Waals surface area contributed by atoms with Crippen molar-refractivity contribution < 1.29 is 9.53 Å². The molecule has 1 unspecified atom stereocenters. The van der Waals surface area contributed by atoms with Crippen molar-refractivity contribution in [3.05, 3.63) is 90.0 Å². The Bertz CT molecular complexity index is 1080. The molecular formula is C24H24N4O2S. The van der Waals surface area contributed by atoms with Crippen LogP contribution in [-0.4, -0.2) is 36.4 Å². The summed E-state index contributed by atoms with van der Waals surface area (Å²) in [6.07, 6.45) is 12.3. The zero-order valence-electron chi connectivity index (χ0n) is 17.2. The number of nitrogens with one attached hydrogen (secondary N) is 2. The lowest BCUT2D eigenvalue weighted by Gasteiger charge is -2.38. The molecule has 3 aliphatic rings. The van der Waals surface area contributed by atoms with Crippen LogP contribution in [0.4, 0.5) is 5.69 Å². The Balaban J connectivity index is 1.31. The summed E-state index contributed by atoms with van der Waals surface area (Å²) in [5.41, 5.74) is 3.81. The van der Waals surface area contributed by atoms with E-state index in [1.54, 1.807) is 11.8 Å². The van der Waals surface area contributed by atoms with Crippen molar-refractivity contribution in [2.75, 3.05) is 24.3 Å². The molecule has 6 nitrogen and oxygen atoms in total. The van der Waals surface area contributed by atoms with Crippen LogP contribution in [0.5, 0.6) is 5.75 Å². The van der Waals surface area contributed by atoms with Crippen molar-refractivity contribution in [2.24, 2.45) is 0 Å². The molecule has 7 heteroatoms. The third kappa shape index (κ3) is 3.88. The van der Waals surface area contributed by atoms with Crippen molar-refractivity contribution in [1.82, 2.24) is 15.5 Å². The summed E-state index contributed by atoms with van der Waals surface area (Å²) in [6.45, 7) is 1.82. The van der Waals surface area contributed by atoms with Gasteiger partial charge in [0.15, 0.2) is 0 Å². The second kappa shape index (κ2) is 8.43. The fourth-order valence-corrected chi connectivity index (χ4v) is 4.40. The average molecular weight is 433 g/mol. The van der Waals surface area contributed by atoms with Gasteiger partial charge >= 0.3 is 0 Å². The molecule has 2 aromatic carbocycles. The first-order valence-corrected chi connectivity index (χ1v) is 11.5. The molecule has 0 aromatic heterocycles. The fraction of sp³-hybridized carbons (Fsp3) is 0.208. The molecule has 0 radical (unpaired) electrons. The number of benzene rings is 2. The van der Waals surface area contributed by atoms with E-state index in [-0.39, 0.29) is 12.1 Å². The van der Waals surface area contributed by atoms with Crippen LogP contribution in [0.15, 0.2) is 83.8 Å². The van der Waals surface area contributed by atoms with Crippen LogP contribution in [0, 0.1) is 0 Å². The Kier molecular flexibility index (Phi) is 5.34. The van der Waals surface area contributed by atoms with E-state index in [9.17, 15) is 4.79 Å². The first-order chi connectivity index (χ1) is 15.2. The number of rotatable bonds is 5. The lowest BCUT2D eigenvalue weighted by atomic mass is 10.1. The number of carbonyl (C=O) groups excluding carboxylic acids is 1. The predicted octanol–water partition coefficient (Wildman–Crippen LogP) is 3.65. The molecule has 0 bridgehead atoms. The average Bonchev–Trinajstić information content (AvgIpc) is 3.31. The third-order valence-electron chi connectivity index (χ3n) is 5.61. The van der Waals surface area contributed by atoms with Gasteiger partial charge in [0.05, 0.1) is 17.9 Å². The summed E-state index contributed by atoms with van der Waals surface area (Å²) in [6, 6.07) is 13.9. The molecule has 31 heavy (non-hydrogen) atoms. The highest BCUT2D eigenvalue weighted by Gasteiger charge is 2.31. The number of thioether (sulfide) groups is 1. The van der Waals surface area contributed by atoms with Gasteiger partial charge in [0.25, 0.3) is 5.91 Å². The first-order valence-electron chi connectivity index (χ1n) is 10.3. The molecule has 1 amide bonds.